The number of nitrogens with zero attached hydrogens (tertiary/aromatic N) is 3. The summed E-state index contributed by atoms with van der Waals surface area (Å²) in [5.41, 5.74) is 1.50. The molecule has 0 radical (unpaired) electrons. The fourth-order valence-electron chi connectivity index (χ4n) is 3.43. The van der Waals surface area contributed by atoms with Crippen molar-refractivity contribution < 1.29 is 13.2 Å². The number of amides is 1. The average molecular weight is 437 g/mol. The van der Waals surface area contributed by atoms with Gasteiger partial charge in [0.25, 0.3) is 0 Å². The molecule has 1 aliphatic heterocycles. The lowest BCUT2D eigenvalue weighted by atomic mass is 10.2. The van der Waals surface area contributed by atoms with Crippen molar-refractivity contribution in [3.63, 3.8) is 0 Å². The summed E-state index contributed by atoms with van der Waals surface area (Å²) < 4.78 is 29.5. The third-order valence-electron chi connectivity index (χ3n) is 5.03. The minimum absolute atomic E-state index is 0.0852. The molecule has 1 aromatic carbocycles. The van der Waals surface area contributed by atoms with Gasteiger partial charge in [0.1, 0.15) is 0 Å². The number of fused-ring (bicyclic) bond motifs is 1. The van der Waals surface area contributed by atoms with Crippen LogP contribution in [0.3, 0.4) is 0 Å². The Morgan fingerprint density at radius 3 is 2.72 bits per heavy atom. The van der Waals surface area contributed by atoms with Crippen LogP contribution in [0.15, 0.2) is 40.9 Å². The van der Waals surface area contributed by atoms with Gasteiger partial charge in [-0.05, 0) is 44.9 Å². The van der Waals surface area contributed by atoms with E-state index in [2.05, 4.69) is 16.9 Å². The lowest BCUT2D eigenvalue weighted by Crippen LogP contribution is -2.35. The maximum absolute atomic E-state index is 13.0. The smallest absolute Gasteiger partial charge is 0.243 e. The Kier molecular flexibility index (Phi) is 7.02. The molecule has 1 amide bonds. The molecule has 0 aliphatic carbocycles. The summed E-state index contributed by atoms with van der Waals surface area (Å²) in [5.74, 6) is -0.0852. The number of aromatic nitrogens is 2. The Labute approximate surface area is 176 Å². The van der Waals surface area contributed by atoms with Gasteiger partial charge in [0.15, 0.2) is 5.16 Å². The average Bonchev–Trinajstić information content (AvgIpc) is 3.08. The number of piperidine rings is 1. The molecule has 0 saturated carbocycles. The third-order valence-corrected chi connectivity index (χ3v) is 8.01. The van der Waals surface area contributed by atoms with Gasteiger partial charge in [-0.3, -0.25) is 4.79 Å². The number of carbonyl (C=O) groups excluding carboxylic acids is 1. The van der Waals surface area contributed by atoms with Gasteiger partial charge in [0.05, 0.1) is 21.2 Å². The van der Waals surface area contributed by atoms with Gasteiger partial charge in [-0.15, -0.1) is 6.58 Å². The Balaban J connectivity index is 1.89. The van der Waals surface area contributed by atoms with Crippen LogP contribution in [-0.4, -0.2) is 53.1 Å². The van der Waals surface area contributed by atoms with Crippen LogP contribution >= 0.6 is 11.8 Å². The molecule has 1 saturated heterocycles. The largest absolute Gasteiger partial charge is 0.352 e. The summed E-state index contributed by atoms with van der Waals surface area (Å²) in [6.07, 6.45) is 4.52. The first-order valence-electron chi connectivity index (χ1n) is 9.94. The highest BCUT2D eigenvalue weighted by atomic mass is 32.2. The van der Waals surface area contributed by atoms with Crippen molar-refractivity contribution in [2.75, 3.05) is 19.6 Å². The van der Waals surface area contributed by atoms with Gasteiger partial charge in [-0.2, -0.15) is 4.31 Å². The van der Waals surface area contributed by atoms with Crippen LogP contribution in [0.1, 0.15) is 33.1 Å². The number of imidazole rings is 1. The topological polar surface area (TPSA) is 84.3 Å². The first-order chi connectivity index (χ1) is 13.9. The molecule has 3 rings (SSSR count). The number of nitrogens with one attached hydrogen (secondary N) is 1. The number of aryl methyl sites for hydroxylation is 1. The second kappa shape index (κ2) is 9.32. The zero-order valence-electron chi connectivity index (χ0n) is 16.9. The summed E-state index contributed by atoms with van der Waals surface area (Å²) in [4.78, 5) is 17.1. The fourth-order valence-corrected chi connectivity index (χ4v) is 5.98. The van der Waals surface area contributed by atoms with E-state index in [9.17, 15) is 13.2 Å². The summed E-state index contributed by atoms with van der Waals surface area (Å²) in [5, 5.41) is 3.17. The quantitative estimate of drug-likeness (QED) is 0.508. The monoisotopic (exact) mass is 436 g/mol. The number of rotatable bonds is 8. The predicted octanol–water partition coefficient (Wildman–Crippen LogP) is 3.01. The first kappa shape index (κ1) is 21.9. The SMILES string of the molecule is C=CCNC(=O)[C@@H](C)Sc1nc2cc(S(=O)(=O)N3CCCCC3)ccc2n1CC. The maximum Gasteiger partial charge on any atom is 0.243 e. The lowest BCUT2D eigenvalue weighted by Gasteiger charge is -2.25. The summed E-state index contributed by atoms with van der Waals surface area (Å²) in [7, 11) is -3.51. The van der Waals surface area contributed by atoms with E-state index in [0.29, 0.717) is 36.9 Å². The van der Waals surface area contributed by atoms with E-state index in [-0.39, 0.29) is 16.1 Å². The molecule has 0 spiro atoms. The zero-order chi connectivity index (χ0) is 21.0. The maximum atomic E-state index is 13.0. The third kappa shape index (κ3) is 4.67. The van der Waals surface area contributed by atoms with Crippen molar-refractivity contribution in [3.05, 3.63) is 30.9 Å². The Bertz CT molecular complexity index is 995. The predicted molar refractivity (Wildman–Crippen MR) is 117 cm³/mol. The summed E-state index contributed by atoms with van der Waals surface area (Å²) in [6.45, 7) is 9.68. The second-order valence-electron chi connectivity index (χ2n) is 7.05. The lowest BCUT2D eigenvalue weighted by molar-refractivity contribution is -0.120. The van der Waals surface area contributed by atoms with Crippen LogP contribution in [0.4, 0.5) is 0 Å². The Morgan fingerprint density at radius 2 is 2.07 bits per heavy atom. The molecule has 158 valence electrons. The highest BCUT2D eigenvalue weighted by Gasteiger charge is 2.27. The standard InChI is InChI=1S/C20H28N4O3S2/c1-4-11-21-19(25)15(3)28-20-22-17-14-16(9-10-18(17)24(20)5-2)29(26,27)23-12-7-6-8-13-23/h4,9-10,14-15H,1,5-8,11-13H2,2-3H3,(H,21,25)/t15-/m1/s1. The minimum Gasteiger partial charge on any atom is -0.352 e. The van der Waals surface area contributed by atoms with E-state index in [1.807, 2.05) is 24.5 Å². The highest BCUT2D eigenvalue weighted by Crippen LogP contribution is 2.30. The Hall–Kier alpha value is -1.84. The minimum atomic E-state index is -3.51. The van der Waals surface area contributed by atoms with E-state index in [1.54, 1.807) is 22.5 Å². The molecule has 29 heavy (non-hydrogen) atoms. The highest BCUT2D eigenvalue weighted by molar-refractivity contribution is 8.00. The van der Waals surface area contributed by atoms with Crippen molar-refractivity contribution in [1.29, 1.82) is 0 Å². The van der Waals surface area contributed by atoms with E-state index >= 15 is 0 Å². The number of sulfonamides is 1. The van der Waals surface area contributed by atoms with Gasteiger partial charge in [-0.1, -0.05) is 24.3 Å². The van der Waals surface area contributed by atoms with Crippen LogP contribution in [0.25, 0.3) is 11.0 Å². The van der Waals surface area contributed by atoms with Crippen LogP contribution in [0.5, 0.6) is 0 Å². The van der Waals surface area contributed by atoms with Gasteiger partial charge in [0.2, 0.25) is 15.9 Å². The molecule has 2 heterocycles. The summed E-state index contributed by atoms with van der Waals surface area (Å²) >= 11 is 1.37. The Morgan fingerprint density at radius 1 is 1.34 bits per heavy atom. The number of benzene rings is 1. The van der Waals surface area contributed by atoms with E-state index < -0.39 is 10.0 Å². The molecule has 0 bridgehead atoms. The molecular weight excluding hydrogens is 408 g/mol. The molecule has 1 aromatic heterocycles. The van der Waals surface area contributed by atoms with Crippen molar-refractivity contribution >= 4 is 38.7 Å². The van der Waals surface area contributed by atoms with Gasteiger partial charge < -0.3 is 9.88 Å². The second-order valence-corrected chi connectivity index (χ2v) is 10.3. The molecule has 2 aromatic rings. The molecule has 1 fully saturated rings. The van der Waals surface area contributed by atoms with Crippen LogP contribution in [0, 0.1) is 0 Å². The van der Waals surface area contributed by atoms with Crippen LogP contribution in [-0.2, 0) is 21.4 Å². The molecule has 7 nitrogen and oxygen atoms in total. The number of thioether (sulfide) groups is 1. The van der Waals surface area contributed by atoms with Gasteiger partial charge >= 0.3 is 0 Å². The van der Waals surface area contributed by atoms with Crippen molar-refractivity contribution in [3.8, 4) is 0 Å². The zero-order valence-corrected chi connectivity index (χ0v) is 18.6. The normalized spacial score (nSPS) is 16.6. The number of hydrogen-bond acceptors (Lipinski definition) is 5. The molecule has 1 N–H and O–H groups in total. The van der Waals surface area contributed by atoms with Crippen molar-refractivity contribution in [2.24, 2.45) is 0 Å². The van der Waals surface area contributed by atoms with E-state index in [1.165, 1.54) is 11.8 Å². The van der Waals surface area contributed by atoms with Crippen molar-refractivity contribution in [1.82, 2.24) is 19.2 Å². The van der Waals surface area contributed by atoms with Gasteiger partial charge in [0, 0.05) is 26.2 Å². The van der Waals surface area contributed by atoms with Crippen molar-refractivity contribution in [2.45, 2.75) is 55.0 Å². The molecule has 1 aliphatic rings. The van der Waals surface area contributed by atoms with E-state index in [4.69, 9.17) is 0 Å². The number of hydrogen-bond donors (Lipinski definition) is 1. The van der Waals surface area contributed by atoms with Gasteiger partial charge in [-0.25, -0.2) is 13.4 Å². The first-order valence-corrected chi connectivity index (χ1v) is 12.3. The van der Waals surface area contributed by atoms with Crippen LogP contribution in [0.2, 0.25) is 0 Å². The van der Waals surface area contributed by atoms with Crippen LogP contribution < -0.4 is 5.32 Å². The molecule has 1 atom stereocenters. The molecule has 9 heteroatoms. The summed E-state index contributed by atoms with van der Waals surface area (Å²) in [6, 6.07) is 5.13. The number of carbonyl (C=O) groups is 1. The molecule has 0 unspecified atom stereocenters. The fraction of sp³-hybridized carbons (Fsp3) is 0.500. The van der Waals surface area contributed by atoms with E-state index in [0.717, 1.165) is 24.8 Å². The molecular formula is C20H28N4O3S2.